The van der Waals surface area contributed by atoms with Gasteiger partial charge >= 0.3 is 6.18 Å². The Morgan fingerprint density at radius 2 is 1.90 bits per heavy atom. The van der Waals surface area contributed by atoms with Crippen molar-refractivity contribution < 1.29 is 22.8 Å². The maximum Gasteiger partial charge on any atom is 0.416 e. The molecule has 1 unspecified atom stereocenters. The molecule has 0 N–H and O–H groups in total. The van der Waals surface area contributed by atoms with E-state index in [1.165, 1.54) is 19.4 Å². The van der Waals surface area contributed by atoms with Crippen LogP contribution in [0.15, 0.2) is 71.0 Å². The minimum absolute atomic E-state index is 0.381. The van der Waals surface area contributed by atoms with E-state index in [0.717, 1.165) is 23.3 Å². The van der Waals surface area contributed by atoms with Gasteiger partial charge in [-0.25, -0.2) is 0 Å². The Labute approximate surface area is 168 Å². The molecule has 1 atom stereocenters. The molecule has 154 valence electrons. The summed E-state index contributed by atoms with van der Waals surface area (Å²) in [5, 5.41) is 8.02. The molecule has 7 heteroatoms. The van der Waals surface area contributed by atoms with E-state index >= 15 is 0 Å². The smallest absolute Gasteiger partial charge is 0.399 e. The molecule has 0 aliphatic rings. The van der Waals surface area contributed by atoms with Crippen LogP contribution in [-0.4, -0.2) is 19.0 Å². The van der Waals surface area contributed by atoms with E-state index in [-0.39, 0.29) is 0 Å². The molecule has 4 nitrogen and oxygen atoms in total. The van der Waals surface area contributed by atoms with E-state index < -0.39 is 17.8 Å². The molecule has 0 radical (unpaired) electrons. The van der Waals surface area contributed by atoms with Crippen molar-refractivity contribution in [1.82, 2.24) is 0 Å². The Morgan fingerprint density at radius 3 is 2.55 bits per heavy atom. The lowest BCUT2D eigenvalue weighted by Crippen LogP contribution is -2.08. The van der Waals surface area contributed by atoms with Gasteiger partial charge in [0.25, 0.3) is 0 Å². The first kappa shape index (κ1) is 22.2. The Bertz CT molecular complexity index is 905. The first-order valence-electron chi connectivity index (χ1n) is 9.03. The number of nitrogens with zero attached hydrogens (tertiary/aromatic N) is 2. The van der Waals surface area contributed by atoms with E-state index in [1.54, 1.807) is 13.0 Å². The van der Waals surface area contributed by atoms with Crippen LogP contribution in [0.2, 0.25) is 0 Å². The van der Waals surface area contributed by atoms with Gasteiger partial charge in [0.05, 0.1) is 11.8 Å². The number of alkyl halides is 3. The van der Waals surface area contributed by atoms with Crippen LogP contribution in [-0.2, 0) is 15.9 Å². The second-order valence-electron chi connectivity index (χ2n) is 6.27. The molecule has 0 saturated heterocycles. The number of hydrogen-bond donors (Lipinski definition) is 0. The summed E-state index contributed by atoms with van der Waals surface area (Å²) in [7, 11) is 1.46. The van der Waals surface area contributed by atoms with Gasteiger partial charge in [-0.15, -0.1) is 0 Å². The molecule has 0 fully saturated rings. The van der Waals surface area contributed by atoms with Crippen molar-refractivity contribution in [2.45, 2.75) is 32.5 Å². The van der Waals surface area contributed by atoms with Crippen LogP contribution in [0.3, 0.4) is 0 Å². The molecule has 2 rings (SSSR count). The maximum absolute atomic E-state index is 12.9. The topological polar surface area (TPSA) is 43.2 Å². The molecule has 0 saturated carbocycles. The Morgan fingerprint density at radius 1 is 1.17 bits per heavy atom. The number of oxime groups is 2. The quantitative estimate of drug-likeness (QED) is 0.392. The van der Waals surface area contributed by atoms with Crippen molar-refractivity contribution in [3.8, 4) is 0 Å². The van der Waals surface area contributed by atoms with Crippen molar-refractivity contribution in [2.24, 2.45) is 10.3 Å². The first-order chi connectivity index (χ1) is 13.8. The summed E-state index contributed by atoms with van der Waals surface area (Å²) in [5.41, 5.74) is 2.54. The summed E-state index contributed by atoms with van der Waals surface area (Å²) in [5.74, 6) is 0. The summed E-state index contributed by atoms with van der Waals surface area (Å²) in [6, 6.07) is 12.4. The summed E-state index contributed by atoms with van der Waals surface area (Å²) < 4.78 is 38.6. The van der Waals surface area contributed by atoms with Gasteiger partial charge in [0.2, 0.25) is 0 Å². The third-order valence-electron chi connectivity index (χ3n) is 4.25. The van der Waals surface area contributed by atoms with E-state index in [4.69, 9.17) is 9.68 Å². The molecule has 2 aromatic rings. The normalized spacial score (nSPS) is 13.4. The summed E-state index contributed by atoms with van der Waals surface area (Å²) in [4.78, 5) is 10.3. The highest BCUT2D eigenvalue weighted by molar-refractivity contribution is 6.15. The van der Waals surface area contributed by atoms with Crippen molar-refractivity contribution in [2.75, 3.05) is 7.11 Å². The summed E-state index contributed by atoms with van der Waals surface area (Å²) in [6.07, 6.45) is -2.88. The molecule has 0 aromatic heterocycles. The molecule has 0 bridgehead atoms. The average Bonchev–Trinajstić information content (AvgIpc) is 2.71. The first-order valence-corrected chi connectivity index (χ1v) is 9.03. The molecule has 0 heterocycles. The molecular formula is C22H23F3N2O2. The van der Waals surface area contributed by atoms with Gasteiger partial charge in [-0.1, -0.05) is 60.2 Å². The van der Waals surface area contributed by atoms with Crippen LogP contribution < -0.4 is 0 Å². The summed E-state index contributed by atoms with van der Waals surface area (Å²) >= 11 is 0. The van der Waals surface area contributed by atoms with Crippen molar-refractivity contribution in [3.05, 3.63) is 82.9 Å². The van der Waals surface area contributed by atoms with E-state index in [1.807, 2.05) is 31.2 Å². The zero-order valence-corrected chi connectivity index (χ0v) is 16.5. The highest BCUT2D eigenvalue weighted by Crippen LogP contribution is 2.31. The fourth-order valence-corrected chi connectivity index (χ4v) is 2.60. The van der Waals surface area contributed by atoms with Crippen LogP contribution in [0.4, 0.5) is 13.2 Å². The second kappa shape index (κ2) is 9.91. The van der Waals surface area contributed by atoms with Gasteiger partial charge in [0.1, 0.15) is 18.9 Å². The van der Waals surface area contributed by atoms with Crippen LogP contribution >= 0.6 is 0 Å². The monoisotopic (exact) mass is 404 g/mol. The van der Waals surface area contributed by atoms with Crippen molar-refractivity contribution in [1.29, 1.82) is 0 Å². The predicted molar refractivity (Wildman–Crippen MR) is 108 cm³/mol. The Balaban J connectivity index is 2.21. The van der Waals surface area contributed by atoms with Gasteiger partial charge in [0.15, 0.2) is 0 Å². The van der Waals surface area contributed by atoms with E-state index in [9.17, 15) is 13.2 Å². The van der Waals surface area contributed by atoms with Gasteiger partial charge in [-0.3, -0.25) is 0 Å². The minimum atomic E-state index is -4.41. The molecule has 0 aliphatic heterocycles. The third kappa shape index (κ3) is 5.94. The number of hydrogen-bond acceptors (Lipinski definition) is 4. The van der Waals surface area contributed by atoms with Gasteiger partial charge in [0, 0.05) is 11.1 Å². The third-order valence-corrected chi connectivity index (χ3v) is 4.25. The standard InChI is InChI=1S/C22H23F3N2O2/c1-5-15(2)21(27-28-4)20-12-7-6-9-18(20)14-26-29-16(3)17-10-8-11-19(13-17)22(23,24)25/h6-14,16H,2,5H2,1,3-4H3. The van der Waals surface area contributed by atoms with E-state index in [0.29, 0.717) is 23.3 Å². The highest BCUT2D eigenvalue weighted by Gasteiger charge is 2.30. The lowest BCUT2D eigenvalue weighted by atomic mass is 9.97. The Hall–Kier alpha value is -3.09. The lowest BCUT2D eigenvalue weighted by Gasteiger charge is -2.13. The fraction of sp³-hybridized carbons (Fsp3) is 0.273. The second-order valence-corrected chi connectivity index (χ2v) is 6.27. The Kier molecular flexibility index (Phi) is 7.59. The number of rotatable bonds is 8. The zero-order valence-electron chi connectivity index (χ0n) is 16.5. The highest BCUT2D eigenvalue weighted by atomic mass is 19.4. The summed E-state index contributed by atoms with van der Waals surface area (Å²) in [6.45, 7) is 7.60. The molecule has 0 amide bonds. The lowest BCUT2D eigenvalue weighted by molar-refractivity contribution is -0.137. The van der Waals surface area contributed by atoms with Gasteiger partial charge in [-0.05, 0) is 36.6 Å². The van der Waals surface area contributed by atoms with Crippen molar-refractivity contribution >= 4 is 11.9 Å². The van der Waals surface area contributed by atoms with E-state index in [2.05, 4.69) is 16.9 Å². The minimum Gasteiger partial charge on any atom is -0.399 e. The van der Waals surface area contributed by atoms with Crippen LogP contribution in [0.5, 0.6) is 0 Å². The molecule has 2 aromatic carbocycles. The zero-order chi connectivity index (χ0) is 21.4. The molecule has 29 heavy (non-hydrogen) atoms. The predicted octanol–water partition coefficient (Wildman–Crippen LogP) is 6.13. The maximum atomic E-state index is 12.9. The van der Waals surface area contributed by atoms with Crippen LogP contribution in [0.1, 0.15) is 48.6 Å². The largest absolute Gasteiger partial charge is 0.416 e. The molecule has 0 aliphatic carbocycles. The van der Waals surface area contributed by atoms with Crippen LogP contribution in [0.25, 0.3) is 0 Å². The van der Waals surface area contributed by atoms with Gasteiger partial charge in [-0.2, -0.15) is 13.2 Å². The number of halogens is 3. The SMILES string of the molecule is C=C(CC)C(=NOC)c1ccccc1C=NOC(C)c1cccc(C(F)(F)F)c1. The number of allylic oxidation sites excluding steroid dienone is 1. The van der Waals surface area contributed by atoms with Gasteiger partial charge < -0.3 is 9.68 Å². The average molecular weight is 404 g/mol. The van der Waals surface area contributed by atoms with Crippen LogP contribution in [0, 0.1) is 0 Å². The molecule has 0 spiro atoms. The molecular weight excluding hydrogens is 381 g/mol. The van der Waals surface area contributed by atoms with Crippen molar-refractivity contribution in [3.63, 3.8) is 0 Å². The number of benzene rings is 2. The fourth-order valence-electron chi connectivity index (χ4n) is 2.60.